The third kappa shape index (κ3) is 4.94. The average molecular weight is 426 g/mol. The molecule has 2 heterocycles. The highest BCUT2D eigenvalue weighted by atomic mass is 16.2. The first kappa shape index (κ1) is 21.0. The van der Waals surface area contributed by atoms with Gasteiger partial charge in [-0.05, 0) is 60.4 Å². The van der Waals surface area contributed by atoms with E-state index in [9.17, 15) is 4.79 Å². The van der Waals surface area contributed by atoms with Crippen molar-refractivity contribution in [2.75, 3.05) is 19.6 Å². The van der Waals surface area contributed by atoms with Crippen molar-refractivity contribution in [1.29, 1.82) is 0 Å². The van der Waals surface area contributed by atoms with Crippen LogP contribution in [0.5, 0.6) is 0 Å². The van der Waals surface area contributed by atoms with Crippen LogP contribution in [0.25, 0.3) is 0 Å². The van der Waals surface area contributed by atoms with Gasteiger partial charge in [-0.15, -0.1) is 0 Å². The van der Waals surface area contributed by atoms with Crippen LogP contribution >= 0.6 is 0 Å². The fraction of sp³-hybridized carbons (Fsp3) is 0.345. The zero-order valence-electron chi connectivity index (χ0n) is 18.8. The Hall–Kier alpha value is -2.91. The number of hydrogen-bond acceptors (Lipinski definition) is 1. The fourth-order valence-corrected chi connectivity index (χ4v) is 5.32. The number of rotatable bonds is 5. The molecule has 0 aromatic heterocycles. The van der Waals surface area contributed by atoms with E-state index < -0.39 is 0 Å². The van der Waals surface area contributed by atoms with Crippen LogP contribution < -0.4 is 4.90 Å². The lowest BCUT2D eigenvalue weighted by atomic mass is 9.90. The minimum Gasteiger partial charge on any atom is -0.334 e. The minimum absolute atomic E-state index is 0.153. The predicted molar refractivity (Wildman–Crippen MR) is 129 cm³/mol. The predicted octanol–water partition coefficient (Wildman–Crippen LogP) is 3.92. The Morgan fingerprint density at radius 1 is 0.812 bits per heavy atom. The second-order valence-corrected chi connectivity index (χ2v) is 9.50. The Kier molecular flexibility index (Phi) is 6.36. The van der Waals surface area contributed by atoms with Gasteiger partial charge in [0.15, 0.2) is 0 Å². The van der Waals surface area contributed by atoms with E-state index in [0.29, 0.717) is 0 Å². The SMILES string of the molecule is O=C(c1ccc(C[NH+]2CCC(Cc3ccccc3)CC2)cc1)N1CCc2ccccc2C1. The van der Waals surface area contributed by atoms with E-state index in [1.54, 1.807) is 4.90 Å². The topological polar surface area (TPSA) is 24.8 Å². The summed E-state index contributed by atoms with van der Waals surface area (Å²) in [5.41, 5.74) is 6.27. The van der Waals surface area contributed by atoms with Gasteiger partial charge in [0.1, 0.15) is 6.54 Å². The molecule has 1 fully saturated rings. The summed E-state index contributed by atoms with van der Waals surface area (Å²) in [6.07, 6.45) is 4.77. The zero-order valence-corrected chi connectivity index (χ0v) is 18.8. The second kappa shape index (κ2) is 9.70. The highest BCUT2D eigenvalue weighted by Gasteiger charge is 2.24. The lowest BCUT2D eigenvalue weighted by Gasteiger charge is -2.30. The summed E-state index contributed by atoms with van der Waals surface area (Å²) < 4.78 is 0. The van der Waals surface area contributed by atoms with E-state index in [4.69, 9.17) is 0 Å². The number of nitrogens with one attached hydrogen (secondary N) is 1. The summed E-state index contributed by atoms with van der Waals surface area (Å²) in [6.45, 7) is 5.07. The molecule has 3 aromatic rings. The Bertz CT molecular complexity index is 1040. The average Bonchev–Trinajstić information content (AvgIpc) is 2.86. The van der Waals surface area contributed by atoms with Gasteiger partial charge in [-0.2, -0.15) is 0 Å². The molecular weight excluding hydrogens is 392 g/mol. The third-order valence-corrected chi connectivity index (χ3v) is 7.25. The van der Waals surface area contributed by atoms with Crippen LogP contribution in [0.15, 0.2) is 78.9 Å². The summed E-state index contributed by atoms with van der Waals surface area (Å²) in [6, 6.07) is 27.8. The summed E-state index contributed by atoms with van der Waals surface area (Å²) in [5, 5.41) is 0. The maximum absolute atomic E-state index is 13.0. The van der Waals surface area contributed by atoms with Crippen LogP contribution in [0, 0.1) is 5.92 Å². The molecule has 3 heteroatoms. The van der Waals surface area contributed by atoms with Crippen molar-refractivity contribution in [3.63, 3.8) is 0 Å². The smallest absolute Gasteiger partial charge is 0.254 e. The van der Waals surface area contributed by atoms with Crippen LogP contribution in [0.4, 0.5) is 0 Å². The molecule has 0 saturated carbocycles. The largest absolute Gasteiger partial charge is 0.334 e. The Morgan fingerprint density at radius 3 is 2.25 bits per heavy atom. The fourth-order valence-electron chi connectivity index (χ4n) is 5.32. The molecular formula is C29H33N2O+. The van der Waals surface area contributed by atoms with Gasteiger partial charge in [0, 0.05) is 24.2 Å². The van der Waals surface area contributed by atoms with E-state index >= 15 is 0 Å². The van der Waals surface area contributed by atoms with Crippen molar-refractivity contribution in [2.45, 2.75) is 38.8 Å². The lowest BCUT2D eigenvalue weighted by molar-refractivity contribution is -0.919. The molecule has 1 amide bonds. The summed E-state index contributed by atoms with van der Waals surface area (Å²) in [5.74, 6) is 0.968. The van der Waals surface area contributed by atoms with Gasteiger partial charge in [0.25, 0.3) is 5.91 Å². The van der Waals surface area contributed by atoms with Gasteiger partial charge in [-0.1, -0.05) is 66.7 Å². The van der Waals surface area contributed by atoms with E-state index in [1.165, 1.54) is 54.6 Å². The van der Waals surface area contributed by atoms with E-state index in [2.05, 4.69) is 66.7 Å². The molecule has 1 saturated heterocycles. The first-order valence-electron chi connectivity index (χ1n) is 12.1. The number of amides is 1. The van der Waals surface area contributed by atoms with Crippen molar-refractivity contribution in [2.24, 2.45) is 5.92 Å². The van der Waals surface area contributed by atoms with Gasteiger partial charge >= 0.3 is 0 Å². The standard InChI is InChI=1S/C29H32N2O/c32-29(31-19-16-26-8-4-5-9-28(26)22-31)27-12-10-25(11-13-27)21-30-17-14-24(15-18-30)20-23-6-2-1-3-7-23/h1-13,24H,14-22H2/p+1. The van der Waals surface area contributed by atoms with Crippen molar-refractivity contribution in [3.05, 3.63) is 107 Å². The normalized spacial score (nSPS) is 20.6. The number of piperidine rings is 1. The molecule has 3 nitrogen and oxygen atoms in total. The second-order valence-electron chi connectivity index (χ2n) is 9.50. The summed E-state index contributed by atoms with van der Waals surface area (Å²) >= 11 is 0. The van der Waals surface area contributed by atoms with Crippen molar-refractivity contribution in [1.82, 2.24) is 4.90 Å². The van der Waals surface area contributed by atoms with Crippen LogP contribution in [0.2, 0.25) is 0 Å². The number of nitrogens with zero attached hydrogens (tertiary/aromatic N) is 1. The Balaban J connectivity index is 1.13. The maximum atomic E-state index is 13.0. The van der Waals surface area contributed by atoms with Gasteiger partial charge in [0.05, 0.1) is 13.1 Å². The molecule has 0 aliphatic carbocycles. The molecule has 3 aromatic carbocycles. The quantitative estimate of drug-likeness (QED) is 0.658. The molecule has 0 bridgehead atoms. The number of carbonyl (C=O) groups excluding carboxylic acids is 1. The molecule has 32 heavy (non-hydrogen) atoms. The monoisotopic (exact) mass is 425 g/mol. The highest BCUT2D eigenvalue weighted by molar-refractivity contribution is 5.94. The minimum atomic E-state index is 0.153. The number of fused-ring (bicyclic) bond motifs is 1. The van der Waals surface area contributed by atoms with E-state index in [1.807, 2.05) is 17.0 Å². The first-order chi connectivity index (χ1) is 15.7. The van der Waals surface area contributed by atoms with E-state index in [-0.39, 0.29) is 5.91 Å². The van der Waals surface area contributed by atoms with Crippen LogP contribution in [0.1, 0.15) is 45.5 Å². The van der Waals surface area contributed by atoms with Gasteiger partial charge < -0.3 is 9.80 Å². The van der Waals surface area contributed by atoms with Crippen molar-refractivity contribution in [3.8, 4) is 0 Å². The highest BCUT2D eigenvalue weighted by Crippen LogP contribution is 2.21. The van der Waals surface area contributed by atoms with Gasteiger partial charge in [-0.25, -0.2) is 0 Å². The van der Waals surface area contributed by atoms with Crippen LogP contribution in [-0.4, -0.2) is 30.4 Å². The number of hydrogen-bond donors (Lipinski definition) is 1. The zero-order chi connectivity index (χ0) is 21.8. The summed E-state index contributed by atoms with van der Waals surface area (Å²) in [4.78, 5) is 16.7. The maximum Gasteiger partial charge on any atom is 0.254 e. The molecule has 2 aliphatic heterocycles. The van der Waals surface area contributed by atoms with Crippen LogP contribution in [-0.2, 0) is 25.9 Å². The summed E-state index contributed by atoms with van der Waals surface area (Å²) in [7, 11) is 0. The molecule has 0 unspecified atom stereocenters. The van der Waals surface area contributed by atoms with E-state index in [0.717, 1.165) is 37.5 Å². The molecule has 2 aliphatic rings. The van der Waals surface area contributed by atoms with Crippen molar-refractivity contribution < 1.29 is 9.69 Å². The van der Waals surface area contributed by atoms with Gasteiger partial charge in [-0.3, -0.25) is 4.79 Å². The Labute approximate surface area is 191 Å². The molecule has 0 spiro atoms. The number of carbonyl (C=O) groups is 1. The molecule has 164 valence electrons. The van der Waals surface area contributed by atoms with Crippen LogP contribution in [0.3, 0.4) is 0 Å². The molecule has 0 radical (unpaired) electrons. The number of quaternary nitrogens is 1. The Morgan fingerprint density at radius 2 is 1.50 bits per heavy atom. The lowest BCUT2D eigenvalue weighted by Crippen LogP contribution is -3.11. The van der Waals surface area contributed by atoms with Gasteiger partial charge in [0.2, 0.25) is 0 Å². The molecule has 1 N–H and O–H groups in total. The first-order valence-corrected chi connectivity index (χ1v) is 12.1. The molecule has 5 rings (SSSR count). The number of likely N-dealkylation sites (tertiary alicyclic amines) is 1. The molecule has 0 atom stereocenters. The number of benzene rings is 3. The third-order valence-electron chi connectivity index (χ3n) is 7.25. The van der Waals surface area contributed by atoms with Crippen molar-refractivity contribution >= 4 is 5.91 Å².